The van der Waals surface area contributed by atoms with E-state index in [1.807, 2.05) is 66.7 Å². The van der Waals surface area contributed by atoms with Gasteiger partial charge in [-0.1, -0.05) is 30.3 Å². The molecule has 0 saturated heterocycles. The van der Waals surface area contributed by atoms with Gasteiger partial charge >= 0.3 is 0 Å². The van der Waals surface area contributed by atoms with Crippen molar-refractivity contribution in [2.45, 2.75) is 0 Å². The van der Waals surface area contributed by atoms with Crippen LogP contribution < -0.4 is 0 Å². The van der Waals surface area contributed by atoms with Gasteiger partial charge in [-0.05, 0) is 36.4 Å². The minimum atomic E-state index is 0. The van der Waals surface area contributed by atoms with Crippen molar-refractivity contribution in [2.24, 2.45) is 0 Å². The Hall–Kier alpha value is -2.78. The first-order chi connectivity index (χ1) is 11.9. The Morgan fingerprint density at radius 2 is 1.00 bits per heavy atom. The summed E-state index contributed by atoms with van der Waals surface area (Å²) in [5.41, 5.74) is 5.46. The fourth-order valence-corrected chi connectivity index (χ4v) is 2.85. The van der Waals surface area contributed by atoms with Crippen LogP contribution in [0.15, 0.2) is 66.7 Å². The molecule has 0 aliphatic heterocycles. The summed E-state index contributed by atoms with van der Waals surface area (Å²) in [7, 11) is 0. The number of fused-ring (bicyclic) bond motifs is 2. The number of pyridine rings is 1. The van der Waals surface area contributed by atoms with Crippen molar-refractivity contribution >= 4 is 22.1 Å². The predicted octanol–water partition coefficient (Wildman–Crippen LogP) is 4.17. The maximum atomic E-state index is 4.72. The molecule has 0 aliphatic carbocycles. The number of rotatable bonds is 2. The second kappa shape index (κ2) is 6.26. The first-order valence-corrected chi connectivity index (χ1v) is 7.74. The quantitative estimate of drug-likeness (QED) is 0.378. The van der Waals surface area contributed by atoms with Crippen LogP contribution in [-0.2, 0) is 21.1 Å². The van der Waals surface area contributed by atoms with Gasteiger partial charge in [-0.2, -0.15) is 0 Å². The van der Waals surface area contributed by atoms with Crippen molar-refractivity contribution in [1.29, 1.82) is 0 Å². The number of H-pyrrole nitrogens is 2. The van der Waals surface area contributed by atoms with Crippen molar-refractivity contribution in [3.05, 3.63) is 66.7 Å². The summed E-state index contributed by atoms with van der Waals surface area (Å²) in [4.78, 5) is 20.6. The zero-order chi connectivity index (χ0) is 15.9. The van der Waals surface area contributed by atoms with Crippen LogP contribution in [0.1, 0.15) is 0 Å². The van der Waals surface area contributed by atoms with Crippen molar-refractivity contribution in [3.8, 4) is 23.0 Å². The van der Waals surface area contributed by atoms with Gasteiger partial charge in [-0.3, -0.25) is 0 Å². The SMILES string of the molecule is [Pt].c1cc(-c2nc3ccccc3[nH]2)nc(-c2nc3ccccc3[nH]2)c1. The molecule has 0 spiro atoms. The zero-order valence-electron chi connectivity index (χ0n) is 13.0. The fraction of sp³-hybridized carbons (Fsp3) is 0. The predicted molar refractivity (Wildman–Crippen MR) is 94.4 cm³/mol. The van der Waals surface area contributed by atoms with Crippen LogP contribution in [0.2, 0.25) is 0 Å². The number of para-hydroxylation sites is 4. The molecule has 6 heteroatoms. The largest absolute Gasteiger partial charge is 0.337 e. The Labute approximate surface area is 157 Å². The monoisotopic (exact) mass is 506 g/mol. The van der Waals surface area contributed by atoms with Crippen molar-refractivity contribution < 1.29 is 21.1 Å². The van der Waals surface area contributed by atoms with E-state index in [1.54, 1.807) is 0 Å². The minimum absolute atomic E-state index is 0. The average Bonchev–Trinajstić information content (AvgIpc) is 3.26. The summed E-state index contributed by atoms with van der Waals surface area (Å²) in [6.45, 7) is 0. The second-order valence-electron chi connectivity index (χ2n) is 5.61. The molecule has 0 fully saturated rings. The molecule has 0 saturated carbocycles. The molecule has 2 aromatic carbocycles. The molecule has 2 N–H and O–H groups in total. The molecule has 124 valence electrons. The summed E-state index contributed by atoms with van der Waals surface area (Å²) < 4.78 is 0. The third-order valence-corrected chi connectivity index (χ3v) is 4.01. The molecule has 3 aromatic heterocycles. The molecule has 3 heterocycles. The summed E-state index contributed by atoms with van der Waals surface area (Å²) in [5, 5.41) is 0. The zero-order valence-corrected chi connectivity index (χ0v) is 15.3. The number of hydrogen-bond acceptors (Lipinski definition) is 3. The van der Waals surface area contributed by atoms with Gasteiger partial charge in [0.05, 0.1) is 22.1 Å². The van der Waals surface area contributed by atoms with Crippen molar-refractivity contribution in [2.75, 3.05) is 0 Å². The molecule has 5 aromatic rings. The van der Waals surface area contributed by atoms with E-state index >= 15 is 0 Å². The van der Waals surface area contributed by atoms with Crippen LogP contribution in [0.25, 0.3) is 45.1 Å². The Balaban J connectivity index is 0.00000157. The van der Waals surface area contributed by atoms with Gasteiger partial charge in [0.2, 0.25) is 0 Å². The summed E-state index contributed by atoms with van der Waals surface area (Å²) in [6, 6.07) is 21.8. The average molecular weight is 506 g/mol. The van der Waals surface area contributed by atoms with Crippen LogP contribution in [-0.4, -0.2) is 24.9 Å². The molecule has 0 amide bonds. The van der Waals surface area contributed by atoms with Gasteiger partial charge < -0.3 is 9.97 Å². The maximum Gasteiger partial charge on any atom is 0.157 e. The molecule has 5 rings (SSSR count). The van der Waals surface area contributed by atoms with E-state index in [9.17, 15) is 0 Å². The van der Waals surface area contributed by atoms with Crippen LogP contribution >= 0.6 is 0 Å². The number of aromatic amines is 2. The maximum absolute atomic E-state index is 4.72. The first kappa shape index (κ1) is 15.7. The van der Waals surface area contributed by atoms with Crippen molar-refractivity contribution in [1.82, 2.24) is 24.9 Å². The minimum Gasteiger partial charge on any atom is -0.337 e. The van der Waals surface area contributed by atoms with E-state index < -0.39 is 0 Å². The van der Waals surface area contributed by atoms with Crippen LogP contribution in [0.4, 0.5) is 0 Å². The standard InChI is InChI=1S/C19H13N5.Pt/c1-2-7-13-12(6-1)21-18(22-13)16-10-5-11-17(20-16)19-23-14-8-3-4-9-15(14)24-19;/h1-11H,(H,21,22)(H,23,24);. The van der Waals surface area contributed by atoms with Gasteiger partial charge in [-0.25, -0.2) is 15.0 Å². The fourth-order valence-electron chi connectivity index (χ4n) is 2.85. The Kier molecular flexibility index (Phi) is 3.94. The number of nitrogens with zero attached hydrogens (tertiary/aromatic N) is 3. The summed E-state index contributed by atoms with van der Waals surface area (Å²) in [5.74, 6) is 1.52. The number of nitrogens with one attached hydrogen (secondary N) is 2. The van der Waals surface area contributed by atoms with Gasteiger partial charge in [-0.15, -0.1) is 0 Å². The Bertz CT molecular complexity index is 1020. The third-order valence-electron chi connectivity index (χ3n) is 4.01. The Morgan fingerprint density at radius 3 is 1.48 bits per heavy atom. The van der Waals surface area contributed by atoms with E-state index in [2.05, 4.69) is 19.9 Å². The topological polar surface area (TPSA) is 70.2 Å². The first-order valence-electron chi connectivity index (χ1n) is 7.74. The molecule has 0 aliphatic rings. The molecule has 5 nitrogen and oxygen atoms in total. The van der Waals surface area contributed by atoms with E-state index in [4.69, 9.17) is 4.98 Å². The van der Waals surface area contributed by atoms with Crippen LogP contribution in [0.5, 0.6) is 0 Å². The van der Waals surface area contributed by atoms with Gasteiger partial charge in [0.15, 0.2) is 11.6 Å². The Morgan fingerprint density at radius 1 is 0.520 bits per heavy atom. The molecule has 0 radical (unpaired) electrons. The van der Waals surface area contributed by atoms with Gasteiger partial charge in [0.25, 0.3) is 0 Å². The van der Waals surface area contributed by atoms with E-state index in [-0.39, 0.29) is 21.1 Å². The van der Waals surface area contributed by atoms with Gasteiger partial charge in [0.1, 0.15) is 11.4 Å². The number of aromatic nitrogens is 5. The number of hydrogen-bond donors (Lipinski definition) is 2. The number of benzene rings is 2. The van der Waals surface area contributed by atoms with Crippen LogP contribution in [0.3, 0.4) is 0 Å². The van der Waals surface area contributed by atoms with Crippen LogP contribution in [0, 0.1) is 0 Å². The van der Waals surface area contributed by atoms with E-state index in [0.717, 1.165) is 45.1 Å². The molecule has 0 unspecified atom stereocenters. The third kappa shape index (κ3) is 2.77. The molecular weight excluding hydrogens is 493 g/mol. The van der Waals surface area contributed by atoms with Gasteiger partial charge in [0, 0.05) is 21.1 Å². The summed E-state index contributed by atoms with van der Waals surface area (Å²) in [6.07, 6.45) is 0. The normalized spacial score (nSPS) is 10.9. The molecular formula is C19H13N5Pt. The summed E-state index contributed by atoms with van der Waals surface area (Å²) >= 11 is 0. The molecule has 25 heavy (non-hydrogen) atoms. The molecule has 0 bridgehead atoms. The van der Waals surface area contributed by atoms with Crippen molar-refractivity contribution in [3.63, 3.8) is 0 Å². The van der Waals surface area contributed by atoms with E-state index in [0.29, 0.717) is 0 Å². The smallest absolute Gasteiger partial charge is 0.157 e. The second-order valence-corrected chi connectivity index (χ2v) is 5.61. The van der Waals surface area contributed by atoms with E-state index in [1.165, 1.54) is 0 Å². The number of imidazole rings is 2. The molecule has 0 atom stereocenters.